The Kier molecular flexibility index (Phi) is 6.14. The summed E-state index contributed by atoms with van der Waals surface area (Å²) >= 11 is 0. The molecule has 21 heavy (non-hydrogen) atoms. The van der Waals surface area contributed by atoms with Crippen molar-refractivity contribution in [1.29, 1.82) is 0 Å². The van der Waals surface area contributed by atoms with Crippen molar-refractivity contribution in [3.63, 3.8) is 0 Å². The highest BCUT2D eigenvalue weighted by molar-refractivity contribution is 4.92. The predicted octanol–water partition coefficient (Wildman–Crippen LogP) is 4.30. The Hall–Kier alpha value is -0.0800. The van der Waals surface area contributed by atoms with E-state index in [4.69, 9.17) is 0 Å². The molecule has 0 amide bonds. The van der Waals surface area contributed by atoms with Crippen molar-refractivity contribution in [3.8, 4) is 0 Å². The van der Waals surface area contributed by atoms with E-state index in [1.54, 1.807) is 0 Å². The highest BCUT2D eigenvalue weighted by Crippen LogP contribution is 2.40. The Morgan fingerprint density at radius 1 is 1.10 bits per heavy atom. The van der Waals surface area contributed by atoms with E-state index in [0.29, 0.717) is 11.5 Å². The topological polar surface area (TPSA) is 15.3 Å². The number of rotatable bonds is 8. The molecular weight excluding hydrogens is 256 g/mol. The summed E-state index contributed by atoms with van der Waals surface area (Å²) in [6.45, 7) is 12.1. The molecule has 2 saturated carbocycles. The van der Waals surface area contributed by atoms with Crippen molar-refractivity contribution in [3.05, 3.63) is 0 Å². The summed E-state index contributed by atoms with van der Waals surface area (Å²) in [6.07, 6.45) is 9.84. The van der Waals surface area contributed by atoms with Crippen LogP contribution in [0, 0.1) is 17.3 Å². The van der Waals surface area contributed by atoms with Gasteiger partial charge in [0.05, 0.1) is 0 Å². The second-order valence-corrected chi connectivity index (χ2v) is 8.73. The van der Waals surface area contributed by atoms with Crippen molar-refractivity contribution in [2.75, 3.05) is 20.1 Å². The molecule has 0 aromatic rings. The zero-order valence-electron chi connectivity index (χ0n) is 15.1. The molecule has 2 rings (SSSR count). The van der Waals surface area contributed by atoms with Crippen LogP contribution >= 0.6 is 0 Å². The maximum atomic E-state index is 3.84. The van der Waals surface area contributed by atoms with E-state index in [9.17, 15) is 0 Å². The van der Waals surface area contributed by atoms with Gasteiger partial charge in [-0.05, 0) is 63.3 Å². The molecule has 1 unspecified atom stereocenters. The van der Waals surface area contributed by atoms with Gasteiger partial charge in [0, 0.05) is 25.2 Å². The Morgan fingerprint density at radius 3 is 2.24 bits per heavy atom. The first kappa shape index (κ1) is 17.3. The molecule has 0 aromatic heterocycles. The van der Waals surface area contributed by atoms with Crippen LogP contribution in [0.1, 0.15) is 72.6 Å². The molecule has 2 aliphatic carbocycles. The zero-order chi connectivity index (χ0) is 15.5. The molecule has 0 saturated heterocycles. The van der Waals surface area contributed by atoms with Gasteiger partial charge in [-0.2, -0.15) is 0 Å². The Balaban J connectivity index is 1.90. The first-order valence-electron chi connectivity index (χ1n) is 9.34. The van der Waals surface area contributed by atoms with Crippen molar-refractivity contribution in [1.82, 2.24) is 10.2 Å². The highest BCUT2D eigenvalue weighted by Gasteiger charge is 2.37. The molecule has 2 heteroatoms. The van der Waals surface area contributed by atoms with Crippen LogP contribution in [0.3, 0.4) is 0 Å². The minimum atomic E-state index is 0.537. The lowest BCUT2D eigenvalue weighted by Crippen LogP contribution is -2.47. The van der Waals surface area contributed by atoms with E-state index in [1.165, 1.54) is 58.0 Å². The summed E-state index contributed by atoms with van der Waals surface area (Å²) in [7, 11) is 2.35. The van der Waals surface area contributed by atoms with Crippen LogP contribution in [0.4, 0.5) is 0 Å². The van der Waals surface area contributed by atoms with E-state index < -0.39 is 0 Å². The molecule has 124 valence electrons. The largest absolute Gasteiger partial charge is 0.313 e. The fourth-order valence-electron chi connectivity index (χ4n) is 3.96. The average molecular weight is 295 g/mol. The summed E-state index contributed by atoms with van der Waals surface area (Å²) in [5.74, 6) is 1.74. The molecule has 0 radical (unpaired) electrons. The summed E-state index contributed by atoms with van der Waals surface area (Å²) in [6, 6.07) is 1.56. The van der Waals surface area contributed by atoms with Crippen LogP contribution < -0.4 is 5.32 Å². The Bertz CT molecular complexity index is 301. The van der Waals surface area contributed by atoms with Crippen molar-refractivity contribution >= 4 is 0 Å². The molecule has 0 bridgehead atoms. The molecule has 0 spiro atoms. The van der Waals surface area contributed by atoms with Gasteiger partial charge in [-0.15, -0.1) is 0 Å². The van der Waals surface area contributed by atoms with Gasteiger partial charge in [0.1, 0.15) is 0 Å². The summed E-state index contributed by atoms with van der Waals surface area (Å²) in [5, 5.41) is 3.84. The van der Waals surface area contributed by atoms with Gasteiger partial charge in [-0.25, -0.2) is 0 Å². The molecule has 1 N–H and O–H groups in total. The molecule has 2 fully saturated rings. The molecule has 1 atom stereocenters. The maximum Gasteiger partial charge on any atom is 0.00684 e. The molecule has 0 aliphatic heterocycles. The van der Waals surface area contributed by atoms with Crippen LogP contribution in [-0.2, 0) is 0 Å². The van der Waals surface area contributed by atoms with Gasteiger partial charge in [-0.3, -0.25) is 0 Å². The van der Waals surface area contributed by atoms with Crippen LogP contribution in [0.25, 0.3) is 0 Å². The normalized spacial score (nSPS) is 31.9. The minimum Gasteiger partial charge on any atom is -0.313 e. The van der Waals surface area contributed by atoms with Gasteiger partial charge >= 0.3 is 0 Å². The van der Waals surface area contributed by atoms with Crippen LogP contribution in [0.15, 0.2) is 0 Å². The predicted molar refractivity (Wildman–Crippen MR) is 92.6 cm³/mol. The molecular formula is C19H38N2. The number of hydrogen-bond donors (Lipinski definition) is 1. The van der Waals surface area contributed by atoms with Crippen LogP contribution in [0.5, 0.6) is 0 Å². The number of nitrogens with one attached hydrogen (secondary N) is 1. The summed E-state index contributed by atoms with van der Waals surface area (Å²) in [5.41, 5.74) is 0.537. The second kappa shape index (κ2) is 7.46. The monoisotopic (exact) mass is 294 g/mol. The first-order valence-corrected chi connectivity index (χ1v) is 9.34. The highest BCUT2D eigenvalue weighted by atomic mass is 15.1. The van der Waals surface area contributed by atoms with Crippen molar-refractivity contribution < 1.29 is 0 Å². The third kappa shape index (κ3) is 5.56. The third-order valence-electron chi connectivity index (χ3n) is 5.83. The van der Waals surface area contributed by atoms with Gasteiger partial charge in [-0.1, -0.05) is 33.6 Å². The lowest BCUT2D eigenvalue weighted by Gasteiger charge is -2.44. The Labute approximate surface area is 133 Å². The molecule has 0 heterocycles. The smallest absolute Gasteiger partial charge is 0.00684 e. The minimum absolute atomic E-state index is 0.537. The maximum absolute atomic E-state index is 3.84. The zero-order valence-corrected chi connectivity index (χ0v) is 15.1. The number of hydrogen-bond acceptors (Lipinski definition) is 2. The van der Waals surface area contributed by atoms with Crippen molar-refractivity contribution in [2.45, 2.75) is 84.7 Å². The van der Waals surface area contributed by atoms with E-state index in [0.717, 1.165) is 17.9 Å². The van der Waals surface area contributed by atoms with E-state index in [1.807, 2.05) is 0 Å². The summed E-state index contributed by atoms with van der Waals surface area (Å²) < 4.78 is 0. The lowest BCUT2D eigenvalue weighted by molar-refractivity contribution is 0.0768. The van der Waals surface area contributed by atoms with E-state index in [-0.39, 0.29) is 0 Å². The SMILES string of the molecule is CC(C)CC(C)N(C)CC1(CNC2CC2)CCC(C)CC1. The third-order valence-corrected chi connectivity index (χ3v) is 5.83. The van der Waals surface area contributed by atoms with Gasteiger partial charge in [0.25, 0.3) is 0 Å². The Morgan fingerprint density at radius 2 is 1.71 bits per heavy atom. The second-order valence-electron chi connectivity index (χ2n) is 8.73. The lowest BCUT2D eigenvalue weighted by atomic mass is 9.70. The van der Waals surface area contributed by atoms with Gasteiger partial charge < -0.3 is 10.2 Å². The fourth-order valence-corrected chi connectivity index (χ4v) is 3.96. The van der Waals surface area contributed by atoms with Crippen molar-refractivity contribution in [2.24, 2.45) is 17.3 Å². The van der Waals surface area contributed by atoms with E-state index >= 15 is 0 Å². The van der Waals surface area contributed by atoms with Gasteiger partial charge in [0.15, 0.2) is 0 Å². The molecule has 2 aliphatic rings. The fraction of sp³-hybridized carbons (Fsp3) is 1.00. The van der Waals surface area contributed by atoms with Crippen LogP contribution in [-0.4, -0.2) is 37.1 Å². The summed E-state index contributed by atoms with van der Waals surface area (Å²) in [4.78, 5) is 2.64. The van der Waals surface area contributed by atoms with Gasteiger partial charge in [0.2, 0.25) is 0 Å². The van der Waals surface area contributed by atoms with E-state index in [2.05, 4.69) is 45.0 Å². The average Bonchev–Trinajstić information content (AvgIpc) is 3.23. The number of nitrogens with zero attached hydrogens (tertiary/aromatic N) is 1. The quantitative estimate of drug-likeness (QED) is 0.718. The van der Waals surface area contributed by atoms with Crippen LogP contribution in [0.2, 0.25) is 0 Å². The standard InChI is InChI=1S/C19H38N2/c1-15(2)12-17(4)21(5)14-19(13-20-18-6-7-18)10-8-16(3)9-11-19/h15-18,20H,6-14H2,1-5H3. The first-order chi connectivity index (χ1) is 9.90. The molecule has 0 aromatic carbocycles. The molecule has 2 nitrogen and oxygen atoms in total.